The molecule has 0 atom stereocenters. The number of ketones is 1. The van der Waals surface area contributed by atoms with Crippen molar-refractivity contribution in [3.63, 3.8) is 0 Å². The van der Waals surface area contributed by atoms with E-state index in [1.165, 1.54) is 12.1 Å². The number of pyridine rings is 1. The van der Waals surface area contributed by atoms with Crippen LogP contribution in [0.3, 0.4) is 0 Å². The van der Waals surface area contributed by atoms with Gasteiger partial charge >= 0.3 is 17.1 Å². The molecular formula is C19H7ClCuF5N2O2. The van der Waals surface area contributed by atoms with Crippen LogP contribution >= 0.6 is 11.6 Å². The van der Waals surface area contributed by atoms with E-state index in [-0.39, 0.29) is 38.8 Å². The van der Waals surface area contributed by atoms with E-state index in [0.717, 1.165) is 6.20 Å². The van der Waals surface area contributed by atoms with Crippen LogP contribution in [0, 0.1) is 35.2 Å². The smallest absolute Gasteiger partial charge is 0.335 e. The summed E-state index contributed by atoms with van der Waals surface area (Å²) in [4.78, 5) is 30.2. The average molecular weight is 489 g/mol. The molecule has 0 bridgehead atoms. The summed E-state index contributed by atoms with van der Waals surface area (Å²) in [7, 11) is 0. The summed E-state index contributed by atoms with van der Waals surface area (Å²) < 4.78 is 67.0. The summed E-state index contributed by atoms with van der Waals surface area (Å²) >= 11 is 5.98. The molecule has 0 aliphatic heterocycles. The monoisotopic (exact) mass is 488 g/mol. The number of carbonyl (C=O) groups excluding carboxylic acids is 1. The number of H-pyrrole nitrogens is 1. The van der Waals surface area contributed by atoms with Crippen LogP contribution in [0.5, 0.6) is 0 Å². The molecule has 4 nitrogen and oxygen atoms in total. The number of nitrogens with one attached hydrogen (secondary N) is 1. The fraction of sp³-hybridized carbons (Fsp3) is 0. The first-order chi connectivity index (χ1) is 13.7. The molecule has 1 N–H and O–H groups in total. The molecule has 2 aromatic carbocycles. The van der Waals surface area contributed by atoms with E-state index in [9.17, 15) is 31.5 Å². The minimum Gasteiger partial charge on any atom is -0.335 e. The molecule has 0 fully saturated rings. The van der Waals surface area contributed by atoms with Crippen molar-refractivity contribution in [3.8, 4) is 11.1 Å². The number of aromatic amines is 1. The summed E-state index contributed by atoms with van der Waals surface area (Å²) in [6, 6.07) is 8.81. The number of hydrogen-bond acceptors (Lipinski definition) is 3. The van der Waals surface area contributed by atoms with Crippen LogP contribution in [-0.2, 0) is 17.1 Å². The Balaban J connectivity index is 0.00000320. The molecule has 1 heterocycles. The molecule has 0 aliphatic carbocycles. The Hall–Kier alpha value is -2.81. The molecule has 1 aromatic heterocycles. The van der Waals surface area contributed by atoms with Gasteiger partial charge in [0.25, 0.3) is 0 Å². The van der Waals surface area contributed by atoms with Crippen LogP contribution in [0.2, 0.25) is 5.02 Å². The Labute approximate surface area is 180 Å². The number of aliphatic imine (C=N–C) groups is 1. The van der Waals surface area contributed by atoms with Crippen LogP contribution < -0.4 is 5.56 Å². The molecule has 30 heavy (non-hydrogen) atoms. The molecule has 0 spiro atoms. The van der Waals surface area contributed by atoms with E-state index < -0.39 is 46.1 Å². The van der Waals surface area contributed by atoms with E-state index in [0.29, 0.717) is 6.21 Å². The van der Waals surface area contributed by atoms with Gasteiger partial charge < -0.3 is 4.98 Å². The minimum atomic E-state index is -2.36. The van der Waals surface area contributed by atoms with Crippen LogP contribution in [0.4, 0.5) is 27.6 Å². The third-order valence-corrected chi connectivity index (χ3v) is 4.07. The van der Waals surface area contributed by atoms with E-state index in [1.54, 1.807) is 12.1 Å². The van der Waals surface area contributed by atoms with Crippen LogP contribution in [0.1, 0.15) is 10.4 Å². The van der Waals surface area contributed by atoms with Gasteiger partial charge in [0.1, 0.15) is 5.69 Å². The molecule has 0 saturated carbocycles. The predicted molar refractivity (Wildman–Crippen MR) is 95.1 cm³/mol. The third kappa shape index (κ3) is 4.21. The molecule has 0 amide bonds. The number of hydrogen-bond donors (Lipinski definition) is 1. The Morgan fingerprint density at radius 3 is 2.20 bits per heavy atom. The van der Waals surface area contributed by atoms with Crippen LogP contribution in [-0.4, -0.2) is 17.0 Å². The standard InChI is InChI=1S/C19H7ClF5N2O2.Cu/c20-9-6-27-19(29)11(8-4-2-1-3-5-8)12(9)10(28)7-26-18-16(24)14(22)13(21)15(23)17(18)25;/h1-4,6-7H,(H,27,29);/q-1;+1. The maximum absolute atomic E-state index is 13.7. The number of benzene rings is 2. The second kappa shape index (κ2) is 9.34. The second-order valence-electron chi connectivity index (χ2n) is 5.53. The van der Waals surface area contributed by atoms with E-state index in [4.69, 9.17) is 11.6 Å². The molecule has 0 unspecified atom stereocenters. The molecule has 0 radical (unpaired) electrons. The van der Waals surface area contributed by atoms with Gasteiger partial charge in [-0.2, -0.15) is 0 Å². The maximum Gasteiger partial charge on any atom is 1.00 e. The van der Waals surface area contributed by atoms with Crippen molar-refractivity contribution in [1.29, 1.82) is 0 Å². The van der Waals surface area contributed by atoms with Gasteiger partial charge in [0.15, 0.2) is 29.1 Å². The molecule has 3 aromatic rings. The molecule has 0 saturated heterocycles. The zero-order chi connectivity index (χ0) is 21.3. The van der Waals surface area contributed by atoms with Crippen molar-refractivity contribution >= 4 is 29.3 Å². The molecular weight excluding hydrogens is 482 g/mol. The summed E-state index contributed by atoms with van der Waals surface area (Å²) in [6.07, 6.45) is 1.32. The van der Waals surface area contributed by atoms with Crippen LogP contribution in [0.25, 0.3) is 11.1 Å². The van der Waals surface area contributed by atoms with Gasteiger partial charge in [-0.1, -0.05) is 11.6 Å². The Morgan fingerprint density at radius 2 is 1.63 bits per heavy atom. The summed E-state index contributed by atoms with van der Waals surface area (Å²) in [5.74, 6) is -12.3. The minimum absolute atomic E-state index is 0. The topological polar surface area (TPSA) is 62.3 Å². The van der Waals surface area contributed by atoms with Crippen molar-refractivity contribution in [2.24, 2.45) is 4.99 Å². The van der Waals surface area contributed by atoms with Crippen LogP contribution in [0.15, 0.2) is 40.2 Å². The number of Topliss-reactive ketones (excluding diaryl/α,β-unsaturated/α-hetero) is 1. The molecule has 0 aliphatic rings. The van der Waals surface area contributed by atoms with Gasteiger partial charge in [0, 0.05) is 11.8 Å². The van der Waals surface area contributed by atoms with Crippen molar-refractivity contribution in [1.82, 2.24) is 4.98 Å². The van der Waals surface area contributed by atoms with Crippen molar-refractivity contribution in [2.75, 3.05) is 0 Å². The Kier molecular flexibility index (Phi) is 7.30. The normalized spacial score (nSPS) is 10.9. The van der Waals surface area contributed by atoms with Crippen molar-refractivity contribution in [3.05, 3.63) is 86.6 Å². The Bertz CT molecular complexity index is 1190. The predicted octanol–water partition coefficient (Wildman–Crippen LogP) is 4.77. The molecule has 158 valence electrons. The fourth-order valence-electron chi connectivity index (χ4n) is 2.45. The summed E-state index contributed by atoms with van der Waals surface area (Å²) in [5.41, 5.74) is -2.67. The number of rotatable bonds is 4. The van der Waals surface area contributed by atoms with Crippen molar-refractivity contribution < 1.29 is 43.8 Å². The van der Waals surface area contributed by atoms with E-state index >= 15 is 0 Å². The van der Waals surface area contributed by atoms with Gasteiger partial charge in [-0.15, -0.1) is 35.9 Å². The van der Waals surface area contributed by atoms with E-state index in [2.05, 4.69) is 16.0 Å². The van der Waals surface area contributed by atoms with Gasteiger partial charge in [0.2, 0.25) is 11.4 Å². The first-order valence-electron chi connectivity index (χ1n) is 7.72. The molecule has 3 rings (SSSR count). The fourth-order valence-corrected chi connectivity index (χ4v) is 2.69. The number of halogens is 6. The summed E-state index contributed by atoms with van der Waals surface area (Å²) in [5, 5.41) is -0.231. The second-order valence-corrected chi connectivity index (χ2v) is 5.94. The zero-order valence-electron chi connectivity index (χ0n) is 14.3. The number of nitrogens with zero attached hydrogens (tertiary/aromatic N) is 1. The van der Waals surface area contributed by atoms with Gasteiger partial charge in [0.05, 0.1) is 11.2 Å². The first-order valence-corrected chi connectivity index (χ1v) is 8.10. The maximum atomic E-state index is 13.7. The largest absolute Gasteiger partial charge is 1.00 e. The Morgan fingerprint density at radius 1 is 1.03 bits per heavy atom. The zero-order valence-corrected chi connectivity index (χ0v) is 16.0. The van der Waals surface area contributed by atoms with Gasteiger partial charge in [-0.25, -0.2) is 26.9 Å². The summed E-state index contributed by atoms with van der Waals surface area (Å²) in [6.45, 7) is 0. The third-order valence-electron chi connectivity index (χ3n) is 3.77. The van der Waals surface area contributed by atoms with E-state index in [1.807, 2.05) is 0 Å². The van der Waals surface area contributed by atoms with Gasteiger partial charge in [-0.05, 0) is 5.56 Å². The van der Waals surface area contributed by atoms with Gasteiger partial charge in [-0.3, -0.25) is 9.59 Å². The quantitative estimate of drug-likeness (QED) is 0.109. The first kappa shape index (κ1) is 23.5. The number of aromatic nitrogens is 1. The molecule has 11 heteroatoms. The van der Waals surface area contributed by atoms with Crippen molar-refractivity contribution in [2.45, 2.75) is 0 Å². The number of carbonyl (C=O) groups is 1. The average Bonchev–Trinajstić information content (AvgIpc) is 2.72. The SMILES string of the molecule is O=C(C=Nc1c(F)c(F)c(F)c(F)c1F)c1c(Cl)c[nH]c(=O)c1-c1[c-]cccc1.[Cu+].